The molecule has 0 aliphatic heterocycles. The molecule has 0 saturated carbocycles. The molecule has 1 aliphatic rings. The van der Waals surface area contributed by atoms with E-state index in [0.29, 0.717) is 4.99 Å². The predicted molar refractivity (Wildman–Crippen MR) is 83.9 cm³/mol. The van der Waals surface area contributed by atoms with Crippen LogP contribution in [-0.4, -0.2) is 16.9 Å². The lowest BCUT2D eigenvalue weighted by Crippen LogP contribution is -2.42. The van der Waals surface area contributed by atoms with Crippen LogP contribution in [0.5, 0.6) is 0 Å². The van der Waals surface area contributed by atoms with E-state index in [0.717, 1.165) is 24.1 Å². The van der Waals surface area contributed by atoms with Gasteiger partial charge in [-0.05, 0) is 43.7 Å². The fourth-order valence-electron chi connectivity index (χ4n) is 2.38. The third-order valence-corrected chi connectivity index (χ3v) is 5.05. The highest BCUT2D eigenvalue weighted by molar-refractivity contribution is 7.80. The lowest BCUT2D eigenvalue weighted by Gasteiger charge is -2.14. The zero-order valence-electron chi connectivity index (χ0n) is 11.2. The Balaban J connectivity index is 2.09. The third-order valence-electron chi connectivity index (χ3n) is 3.53. The molecule has 2 rings (SSSR count). The molecule has 0 saturated heterocycles. The lowest BCUT2D eigenvalue weighted by atomic mass is 10.1. The fraction of sp³-hybridized carbons (Fsp3) is 0.571. The van der Waals surface area contributed by atoms with Gasteiger partial charge < -0.3 is 11.1 Å². The Kier molecular flexibility index (Phi) is 4.93. The van der Waals surface area contributed by atoms with E-state index in [1.54, 1.807) is 11.3 Å². The van der Waals surface area contributed by atoms with Gasteiger partial charge in [-0.2, -0.15) is 0 Å². The second kappa shape index (κ2) is 6.48. The third kappa shape index (κ3) is 3.54. The van der Waals surface area contributed by atoms with E-state index >= 15 is 0 Å². The summed E-state index contributed by atoms with van der Waals surface area (Å²) in [5.74, 6) is -0.0438. The number of nitrogens with two attached hydrogens (primary N) is 1. The van der Waals surface area contributed by atoms with Crippen molar-refractivity contribution in [3.05, 3.63) is 21.4 Å². The largest absolute Gasteiger partial charge is 0.392 e. The molecule has 1 unspecified atom stereocenters. The minimum absolute atomic E-state index is 0.0438. The van der Waals surface area contributed by atoms with E-state index in [9.17, 15) is 4.79 Å². The fourth-order valence-corrected chi connectivity index (χ4v) is 3.77. The predicted octanol–water partition coefficient (Wildman–Crippen LogP) is 2.81. The first-order valence-electron chi connectivity index (χ1n) is 6.83. The van der Waals surface area contributed by atoms with Gasteiger partial charge in [-0.25, -0.2) is 0 Å². The lowest BCUT2D eigenvalue weighted by molar-refractivity contribution is 0.0950. The summed E-state index contributed by atoms with van der Waals surface area (Å²) in [5.41, 5.74) is 6.97. The van der Waals surface area contributed by atoms with Gasteiger partial charge in [0.25, 0.3) is 5.91 Å². The van der Waals surface area contributed by atoms with Gasteiger partial charge in [0, 0.05) is 4.88 Å². The monoisotopic (exact) mass is 296 g/mol. The number of hydrogen-bond donors (Lipinski definition) is 2. The molecule has 5 heteroatoms. The number of carbonyl (C=O) groups excluding carboxylic acids is 1. The summed E-state index contributed by atoms with van der Waals surface area (Å²) in [7, 11) is 0. The highest BCUT2D eigenvalue weighted by Crippen LogP contribution is 2.28. The first kappa shape index (κ1) is 14.5. The minimum atomic E-state index is -0.204. The zero-order valence-corrected chi connectivity index (χ0v) is 12.8. The number of carbonyl (C=O) groups is 1. The van der Waals surface area contributed by atoms with E-state index in [1.165, 1.54) is 29.7 Å². The Morgan fingerprint density at radius 3 is 2.89 bits per heavy atom. The van der Waals surface area contributed by atoms with Crippen molar-refractivity contribution in [3.8, 4) is 0 Å². The van der Waals surface area contributed by atoms with Gasteiger partial charge in [0.2, 0.25) is 0 Å². The van der Waals surface area contributed by atoms with Crippen molar-refractivity contribution >= 4 is 34.5 Å². The molecular formula is C14H20N2OS2. The number of aryl methyl sites for hydroxylation is 2. The normalized spacial score (nSPS) is 16.3. The van der Waals surface area contributed by atoms with Gasteiger partial charge in [0.05, 0.1) is 15.9 Å². The summed E-state index contributed by atoms with van der Waals surface area (Å²) in [6.07, 6.45) is 6.70. The highest BCUT2D eigenvalue weighted by atomic mass is 32.1. The molecule has 3 nitrogen and oxygen atoms in total. The molecule has 0 radical (unpaired) electrons. The minimum Gasteiger partial charge on any atom is -0.392 e. The molecule has 3 N–H and O–H groups in total. The van der Waals surface area contributed by atoms with Gasteiger partial charge in [-0.1, -0.05) is 25.6 Å². The number of rotatable bonds is 4. The van der Waals surface area contributed by atoms with Crippen LogP contribution in [0.1, 0.15) is 52.7 Å². The van der Waals surface area contributed by atoms with Crippen molar-refractivity contribution in [1.29, 1.82) is 0 Å². The SMILES string of the molecule is CCC(NC(=O)c1cc2c(s1)CCCCC2)C(N)=S. The van der Waals surface area contributed by atoms with Crippen LogP contribution in [0.25, 0.3) is 0 Å². The second-order valence-corrected chi connectivity index (χ2v) is 6.56. The van der Waals surface area contributed by atoms with Gasteiger partial charge in [0.15, 0.2) is 0 Å². The molecule has 104 valence electrons. The van der Waals surface area contributed by atoms with Gasteiger partial charge >= 0.3 is 0 Å². The summed E-state index contributed by atoms with van der Waals surface area (Å²) in [5, 5.41) is 2.91. The van der Waals surface area contributed by atoms with Crippen molar-refractivity contribution in [2.45, 2.75) is 51.5 Å². The Morgan fingerprint density at radius 2 is 2.21 bits per heavy atom. The maximum Gasteiger partial charge on any atom is 0.261 e. The summed E-state index contributed by atoms with van der Waals surface area (Å²) >= 11 is 6.58. The molecular weight excluding hydrogens is 276 g/mol. The topological polar surface area (TPSA) is 55.1 Å². The standard InChI is InChI=1S/C14H20N2OS2/c1-2-10(13(15)18)16-14(17)12-8-9-6-4-3-5-7-11(9)19-12/h8,10H,2-7H2,1H3,(H2,15,18)(H,16,17). The van der Waals surface area contributed by atoms with Crippen LogP contribution in [0.15, 0.2) is 6.07 Å². The van der Waals surface area contributed by atoms with E-state index in [4.69, 9.17) is 18.0 Å². The smallest absolute Gasteiger partial charge is 0.261 e. The van der Waals surface area contributed by atoms with E-state index < -0.39 is 0 Å². The van der Waals surface area contributed by atoms with E-state index in [2.05, 4.69) is 5.32 Å². The quantitative estimate of drug-likeness (QED) is 0.663. The molecule has 0 fully saturated rings. The Bertz CT molecular complexity index is 458. The van der Waals surface area contributed by atoms with E-state index in [-0.39, 0.29) is 11.9 Å². The molecule has 1 heterocycles. The van der Waals surface area contributed by atoms with Crippen LogP contribution in [0.2, 0.25) is 0 Å². The number of nitrogens with one attached hydrogen (secondary N) is 1. The van der Waals surface area contributed by atoms with Crippen molar-refractivity contribution in [2.24, 2.45) is 5.73 Å². The van der Waals surface area contributed by atoms with Gasteiger partial charge in [-0.15, -0.1) is 11.3 Å². The molecule has 0 aromatic carbocycles. The summed E-state index contributed by atoms with van der Waals surface area (Å²) in [6, 6.07) is 1.84. The van der Waals surface area contributed by atoms with Crippen LogP contribution in [0.4, 0.5) is 0 Å². The average molecular weight is 296 g/mol. The second-order valence-electron chi connectivity index (χ2n) is 4.96. The molecule has 1 aromatic rings. The first-order chi connectivity index (χ1) is 9.11. The van der Waals surface area contributed by atoms with Crippen LogP contribution >= 0.6 is 23.6 Å². The number of amides is 1. The number of thiocarbonyl (C=S) groups is 1. The molecule has 0 spiro atoms. The average Bonchev–Trinajstić information content (AvgIpc) is 2.67. The van der Waals surface area contributed by atoms with Crippen LogP contribution < -0.4 is 11.1 Å². The first-order valence-corrected chi connectivity index (χ1v) is 8.06. The molecule has 1 atom stereocenters. The van der Waals surface area contributed by atoms with Gasteiger partial charge in [0.1, 0.15) is 0 Å². The number of fused-ring (bicyclic) bond motifs is 1. The van der Waals surface area contributed by atoms with Crippen LogP contribution in [-0.2, 0) is 12.8 Å². The van der Waals surface area contributed by atoms with Crippen molar-refractivity contribution < 1.29 is 4.79 Å². The van der Waals surface area contributed by atoms with Crippen molar-refractivity contribution in [1.82, 2.24) is 5.32 Å². The highest BCUT2D eigenvalue weighted by Gasteiger charge is 2.19. The van der Waals surface area contributed by atoms with E-state index in [1.807, 2.05) is 13.0 Å². The van der Waals surface area contributed by atoms with Gasteiger partial charge in [-0.3, -0.25) is 4.79 Å². The maximum absolute atomic E-state index is 12.2. The summed E-state index contributed by atoms with van der Waals surface area (Å²) < 4.78 is 0. The molecule has 1 aromatic heterocycles. The molecule has 1 aliphatic carbocycles. The molecule has 1 amide bonds. The molecule has 19 heavy (non-hydrogen) atoms. The number of thiophene rings is 1. The van der Waals surface area contributed by atoms with Crippen LogP contribution in [0, 0.1) is 0 Å². The van der Waals surface area contributed by atoms with Crippen LogP contribution in [0.3, 0.4) is 0 Å². The van der Waals surface area contributed by atoms with Crippen molar-refractivity contribution in [3.63, 3.8) is 0 Å². The van der Waals surface area contributed by atoms with Crippen molar-refractivity contribution in [2.75, 3.05) is 0 Å². The Hall–Kier alpha value is -0.940. The summed E-state index contributed by atoms with van der Waals surface area (Å²) in [6.45, 7) is 1.97. The maximum atomic E-state index is 12.2. The number of hydrogen-bond acceptors (Lipinski definition) is 3. The summed E-state index contributed by atoms with van der Waals surface area (Å²) in [4.78, 5) is 14.7. The zero-order chi connectivity index (χ0) is 13.8. The molecule has 0 bridgehead atoms. The Labute approximate surface area is 123 Å². The Morgan fingerprint density at radius 1 is 1.47 bits per heavy atom.